The van der Waals surface area contributed by atoms with Crippen molar-refractivity contribution in [3.05, 3.63) is 35.2 Å². The highest BCUT2D eigenvalue weighted by Gasteiger charge is 2.35. The molecule has 0 radical (unpaired) electrons. The Kier molecular flexibility index (Phi) is 4.53. The van der Waals surface area contributed by atoms with E-state index in [1.54, 1.807) is 11.3 Å². The third-order valence-corrected chi connectivity index (χ3v) is 5.94. The van der Waals surface area contributed by atoms with E-state index in [1.807, 2.05) is 29.6 Å². The summed E-state index contributed by atoms with van der Waals surface area (Å²) in [5.74, 6) is 0.246. The van der Waals surface area contributed by atoms with Crippen LogP contribution in [-0.2, 0) is 4.79 Å². The smallest absolute Gasteiger partial charge is 0.252 e. The molecule has 3 nitrogen and oxygen atoms in total. The number of rotatable bonds is 4. The second kappa shape index (κ2) is 6.44. The molecular weight excluding hydrogens is 306 g/mol. The highest BCUT2D eigenvalue weighted by Crippen LogP contribution is 2.39. The van der Waals surface area contributed by atoms with Crippen LogP contribution < -0.4 is 5.32 Å². The van der Waals surface area contributed by atoms with Gasteiger partial charge in [0.1, 0.15) is 6.29 Å². The predicted octanol–water partition coefficient (Wildman–Crippen LogP) is 4.42. The lowest BCUT2D eigenvalue weighted by atomic mass is 9.69. The summed E-state index contributed by atoms with van der Waals surface area (Å²) in [6.45, 7) is 4.48. The summed E-state index contributed by atoms with van der Waals surface area (Å²) in [4.78, 5) is 23.7. The fourth-order valence-corrected chi connectivity index (χ4v) is 4.56. The highest BCUT2D eigenvalue weighted by atomic mass is 32.1. The molecule has 1 saturated carbocycles. The van der Waals surface area contributed by atoms with Crippen LogP contribution in [0.1, 0.15) is 49.9 Å². The summed E-state index contributed by atoms with van der Waals surface area (Å²) < 4.78 is 1.13. The van der Waals surface area contributed by atoms with Crippen LogP contribution in [0.5, 0.6) is 0 Å². The largest absolute Gasteiger partial charge is 0.349 e. The quantitative estimate of drug-likeness (QED) is 0.844. The number of benzene rings is 1. The van der Waals surface area contributed by atoms with Crippen molar-refractivity contribution >= 4 is 33.6 Å². The van der Waals surface area contributed by atoms with Crippen LogP contribution >= 0.6 is 11.3 Å². The SMILES string of the molecule is CC1(C)CC[C@H](CC=O)[C@@H](NC(=O)c2csc3ccccc23)C1. The van der Waals surface area contributed by atoms with Gasteiger partial charge in [0.2, 0.25) is 0 Å². The number of hydrogen-bond donors (Lipinski definition) is 1. The molecule has 122 valence electrons. The van der Waals surface area contributed by atoms with E-state index in [1.165, 1.54) is 0 Å². The molecule has 2 aromatic rings. The highest BCUT2D eigenvalue weighted by molar-refractivity contribution is 7.17. The molecule has 4 heteroatoms. The van der Waals surface area contributed by atoms with Gasteiger partial charge in [-0.25, -0.2) is 0 Å². The molecule has 0 unspecified atom stereocenters. The Labute approximate surface area is 141 Å². The third kappa shape index (κ3) is 3.47. The number of aldehydes is 1. The molecule has 1 N–H and O–H groups in total. The maximum absolute atomic E-state index is 12.8. The number of carbonyl (C=O) groups excluding carboxylic acids is 2. The molecule has 1 aliphatic rings. The average Bonchev–Trinajstić information content (AvgIpc) is 2.94. The van der Waals surface area contributed by atoms with E-state index in [0.717, 1.165) is 41.2 Å². The molecule has 0 bridgehead atoms. The van der Waals surface area contributed by atoms with Gasteiger partial charge in [-0.15, -0.1) is 11.3 Å². The van der Waals surface area contributed by atoms with Crippen LogP contribution in [0.2, 0.25) is 0 Å². The lowest BCUT2D eigenvalue weighted by Crippen LogP contribution is -2.46. The first-order chi connectivity index (χ1) is 11.0. The number of carbonyl (C=O) groups is 2. The second-order valence-corrected chi connectivity index (χ2v) is 8.21. The van der Waals surface area contributed by atoms with E-state index in [0.29, 0.717) is 6.42 Å². The molecular formula is C19H23NO2S. The summed E-state index contributed by atoms with van der Waals surface area (Å²) in [5.41, 5.74) is 0.965. The topological polar surface area (TPSA) is 46.2 Å². The van der Waals surface area contributed by atoms with Crippen molar-refractivity contribution in [1.82, 2.24) is 5.32 Å². The first kappa shape index (κ1) is 16.2. The molecule has 0 saturated heterocycles. The van der Waals surface area contributed by atoms with Crippen LogP contribution in [0.15, 0.2) is 29.6 Å². The number of hydrogen-bond acceptors (Lipinski definition) is 3. The average molecular weight is 329 g/mol. The van der Waals surface area contributed by atoms with Crippen molar-refractivity contribution in [1.29, 1.82) is 0 Å². The Morgan fingerprint density at radius 1 is 1.39 bits per heavy atom. The standard InChI is InChI=1S/C19H23NO2S/c1-19(2)9-7-13(8-10-21)16(11-19)20-18(22)15-12-23-17-6-4-3-5-14(15)17/h3-6,10,12-13,16H,7-9,11H2,1-2H3,(H,20,22)/t13-,16+/m1/s1. The normalized spacial score (nSPS) is 23.6. The van der Waals surface area contributed by atoms with E-state index < -0.39 is 0 Å². The Hall–Kier alpha value is -1.68. The van der Waals surface area contributed by atoms with Crippen molar-refractivity contribution in [3.63, 3.8) is 0 Å². The molecule has 1 aromatic carbocycles. The summed E-state index contributed by atoms with van der Waals surface area (Å²) in [5, 5.41) is 6.16. The molecule has 1 amide bonds. The monoisotopic (exact) mass is 329 g/mol. The molecule has 2 atom stereocenters. The van der Waals surface area contributed by atoms with E-state index >= 15 is 0 Å². The first-order valence-electron chi connectivity index (χ1n) is 8.21. The fraction of sp³-hybridized carbons (Fsp3) is 0.474. The summed E-state index contributed by atoms with van der Waals surface area (Å²) in [6.07, 6.45) is 4.56. The Morgan fingerprint density at radius 2 is 2.17 bits per heavy atom. The van der Waals surface area contributed by atoms with E-state index in [2.05, 4.69) is 19.2 Å². The van der Waals surface area contributed by atoms with Gasteiger partial charge < -0.3 is 10.1 Å². The maximum Gasteiger partial charge on any atom is 0.252 e. The van der Waals surface area contributed by atoms with E-state index in [4.69, 9.17) is 0 Å². The van der Waals surface area contributed by atoms with Gasteiger partial charge >= 0.3 is 0 Å². The van der Waals surface area contributed by atoms with Crippen LogP contribution in [0.25, 0.3) is 10.1 Å². The van der Waals surface area contributed by atoms with Gasteiger partial charge in [0.25, 0.3) is 5.91 Å². The van der Waals surface area contributed by atoms with Crippen LogP contribution in [0.4, 0.5) is 0 Å². The van der Waals surface area contributed by atoms with Crippen LogP contribution in [0.3, 0.4) is 0 Å². The summed E-state index contributed by atoms with van der Waals surface area (Å²) in [7, 11) is 0. The van der Waals surface area contributed by atoms with Gasteiger partial charge in [-0.3, -0.25) is 4.79 Å². The minimum absolute atomic E-state index is 0.0129. The Bertz CT molecular complexity index is 719. The maximum atomic E-state index is 12.8. The Morgan fingerprint density at radius 3 is 2.96 bits per heavy atom. The predicted molar refractivity (Wildman–Crippen MR) is 94.9 cm³/mol. The Balaban J connectivity index is 1.80. The van der Waals surface area contributed by atoms with Crippen LogP contribution in [0, 0.1) is 11.3 Å². The van der Waals surface area contributed by atoms with Gasteiger partial charge in [-0.1, -0.05) is 32.0 Å². The molecule has 0 aliphatic heterocycles. The number of thiophene rings is 1. The lowest BCUT2D eigenvalue weighted by Gasteiger charge is -2.40. The third-order valence-electron chi connectivity index (χ3n) is 4.97. The number of amides is 1. The first-order valence-corrected chi connectivity index (χ1v) is 9.09. The van der Waals surface area contributed by atoms with Crippen molar-refractivity contribution in [2.24, 2.45) is 11.3 Å². The summed E-state index contributed by atoms with van der Waals surface area (Å²) >= 11 is 1.60. The fourth-order valence-electron chi connectivity index (χ4n) is 3.62. The molecule has 1 aliphatic carbocycles. The molecule has 3 rings (SSSR count). The molecule has 1 fully saturated rings. The van der Waals surface area contributed by atoms with Crippen molar-refractivity contribution < 1.29 is 9.59 Å². The van der Waals surface area contributed by atoms with E-state index in [-0.39, 0.29) is 23.3 Å². The zero-order chi connectivity index (χ0) is 16.4. The van der Waals surface area contributed by atoms with Crippen molar-refractivity contribution in [3.8, 4) is 0 Å². The molecule has 0 spiro atoms. The second-order valence-electron chi connectivity index (χ2n) is 7.29. The zero-order valence-electron chi connectivity index (χ0n) is 13.7. The van der Waals surface area contributed by atoms with Crippen LogP contribution in [-0.4, -0.2) is 18.2 Å². The minimum Gasteiger partial charge on any atom is -0.349 e. The van der Waals surface area contributed by atoms with Gasteiger partial charge in [-0.2, -0.15) is 0 Å². The number of nitrogens with one attached hydrogen (secondary N) is 1. The summed E-state index contributed by atoms with van der Waals surface area (Å²) in [6, 6.07) is 8.06. The van der Waals surface area contributed by atoms with Gasteiger partial charge in [0.05, 0.1) is 5.56 Å². The zero-order valence-corrected chi connectivity index (χ0v) is 14.5. The minimum atomic E-state index is -0.0129. The van der Waals surface area contributed by atoms with Crippen molar-refractivity contribution in [2.75, 3.05) is 0 Å². The molecule has 23 heavy (non-hydrogen) atoms. The molecule has 1 aromatic heterocycles. The van der Waals surface area contributed by atoms with Gasteiger partial charge in [0.15, 0.2) is 0 Å². The van der Waals surface area contributed by atoms with E-state index in [9.17, 15) is 9.59 Å². The van der Waals surface area contributed by atoms with Gasteiger partial charge in [0, 0.05) is 27.9 Å². The molecule has 1 heterocycles. The number of fused-ring (bicyclic) bond motifs is 1. The van der Waals surface area contributed by atoms with Crippen molar-refractivity contribution in [2.45, 2.75) is 45.6 Å². The van der Waals surface area contributed by atoms with Gasteiger partial charge in [-0.05, 0) is 36.7 Å². The lowest BCUT2D eigenvalue weighted by molar-refractivity contribution is -0.109.